The Bertz CT molecular complexity index is 295. The summed E-state index contributed by atoms with van der Waals surface area (Å²) in [7, 11) is 0. The number of hydrogen-bond donors (Lipinski definition) is 2. The lowest BCUT2D eigenvalue weighted by molar-refractivity contribution is 0.0457. The number of aliphatic hydroxyl groups is 1. The summed E-state index contributed by atoms with van der Waals surface area (Å²) in [6.07, 6.45) is 2.50. The Kier molecular flexibility index (Phi) is 4.54. The fourth-order valence-electron chi connectivity index (χ4n) is 1.29. The molecule has 4 heteroatoms. The smallest absolute Gasteiger partial charge is 0.182 e. The maximum atomic E-state index is 10.1. The lowest BCUT2D eigenvalue weighted by Gasteiger charge is -2.25. The predicted octanol–water partition coefficient (Wildman–Crippen LogP) is 2.67. The largest absolute Gasteiger partial charge is 0.388 e. The topological polar surface area (TPSA) is 45.1 Å². The van der Waals surface area contributed by atoms with Gasteiger partial charge in [-0.15, -0.1) is 11.3 Å². The van der Waals surface area contributed by atoms with Gasteiger partial charge in [-0.05, 0) is 19.3 Å². The van der Waals surface area contributed by atoms with Crippen LogP contribution in [0.25, 0.3) is 0 Å². The van der Waals surface area contributed by atoms with Gasteiger partial charge in [-0.2, -0.15) is 0 Å². The SMILES string of the molecule is CCc1csc(NCC(O)(CC)CC)n1. The Hall–Kier alpha value is -0.610. The Morgan fingerprint density at radius 1 is 1.40 bits per heavy atom. The zero-order valence-corrected chi connectivity index (χ0v) is 10.5. The molecule has 0 radical (unpaired) electrons. The number of hydrogen-bond acceptors (Lipinski definition) is 4. The molecule has 0 aliphatic carbocycles. The van der Waals surface area contributed by atoms with Gasteiger partial charge in [-0.3, -0.25) is 0 Å². The quantitative estimate of drug-likeness (QED) is 0.787. The van der Waals surface area contributed by atoms with E-state index < -0.39 is 5.60 Å². The van der Waals surface area contributed by atoms with Gasteiger partial charge >= 0.3 is 0 Å². The molecule has 0 aromatic carbocycles. The lowest BCUT2D eigenvalue weighted by Crippen LogP contribution is -2.35. The second kappa shape index (κ2) is 5.47. The van der Waals surface area contributed by atoms with E-state index in [1.54, 1.807) is 11.3 Å². The molecule has 0 aliphatic heterocycles. The minimum Gasteiger partial charge on any atom is -0.388 e. The van der Waals surface area contributed by atoms with Crippen LogP contribution >= 0.6 is 11.3 Å². The molecule has 0 aliphatic rings. The first kappa shape index (κ1) is 12.5. The van der Waals surface area contributed by atoms with Gasteiger partial charge in [0.05, 0.1) is 11.3 Å². The van der Waals surface area contributed by atoms with Gasteiger partial charge in [0.2, 0.25) is 0 Å². The standard InChI is InChI=1S/C11H20N2OS/c1-4-9-7-15-10(13-9)12-8-11(14,5-2)6-3/h7,14H,4-6,8H2,1-3H3,(H,12,13). The Morgan fingerprint density at radius 2 is 2.07 bits per heavy atom. The van der Waals surface area contributed by atoms with Gasteiger partial charge in [0.15, 0.2) is 5.13 Å². The lowest BCUT2D eigenvalue weighted by atomic mass is 9.98. The van der Waals surface area contributed by atoms with Crippen molar-refractivity contribution in [1.29, 1.82) is 0 Å². The molecule has 1 aromatic rings. The van der Waals surface area contributed by atoms with Crippen molar-refractivity contribution in [1.82, 2.24) is 4.98 Å². The number of aryl methyl sites for hydroxylation is 1. The van der Waals surface area contributed by atoms with Crippen LogP contribution in [-0.2, 0) is 6.42 Å². The number of thiazole rings is 1. The third-order valence-corrected chi connectivity index (χ3v) is 3.65. The van der Waals surface area contributed by atoms with Crippen LogP contribution in [-0.4, -0.2) is 22.2 Å². The number of nitrogens with zero attached hydrogens (tertiary/aromatic N) is 1. The zero-order valence-electron chi connectivity index (χ0n) is 9.71. The molecule has 86 valence electrons. The van der Waals surface area contributed by atoms with Crippen LogP contribution in [0.15, 0.2) is 5.38 Å². The molecular formula is C11H20N2OS. The van der Waals surface area contributed by atoms with E-state index in [4.69, 9.17) is 0 Å². The normalized spacial score (nSPS) is 11.7. The van der Waals surface area contributed by atoms with Gasteiger partial charge < -0.3 is 10.4 Å². The summed E-state index contributed by atoms with van der Waals surface area (Å²) in [5.74, 6) is 0. The summed E-state index contributed by atoms with van der Waals surface area (Å²) in [5.41, 5.74) is 0.511. The van der Waals surface area contributed by atoms with Gasteiger partial charge in [0, 0.05) is 11.9 Å². The minimum absolute atomic E-state index is 0.580. The van der Waals surface area contributed by atoms with Crippen LogP contribution in [0.3, 0.4) is 0 Å². The molecule has 15 heavy (non-hydrogen) atoms. The number of nitrogens with one attached hydrogen (secondary N) is 1. The predicted molar refractivity (Wildman–Crippen MR) is 65.5 cm³/mol. The van der Waals surface area contributed by atoms with E-state index >= 15 is 0 Å². The minimum atomic E-state index is -0.599. The van der Waals surface area contributed by atoms with E-state index in [-0.39, 0.29) is 0 Å². The number of aromatic nitrogens is 1. The number of anilines is 1. The van der Waals surface area contributed by atoms with Crippen molar-refractivity contribution >= 4 is 16.5 Å². The van der Waals surface area contributed by atoms with E-state index in [1.807, 2.05) is 13.8 Å². The molecular weight excluding hydrogens is 208 g/mol. The zero-order chi connectivity index (χ0) is 11.3. The molecule has 0 unspecified atom stereocenters. The van der Waals surface area contributed by atoms with E-state index in [9.17, 15) is 5.11 Å². The first-order chi connectivity index (χ1) is 7.13. The van der Waals surface area contributed by atoms with Crippen molar-refractivity contribution in [2.24, 2.45) is 0 Å². The summed E-state index contributed by atoms with van der Waals surface area (Å²) in [6, 6.07) is 0. The first-order valence-electron chi connectivity index (χ1n) is 5.54. The summed E-state index contributed by atoms with van der Waals surface area (Å²) in [5, 5.41) is 16.2. The fraction of sp³-hybridized carbons (Fsp3) is 0.727. The van der Waals surface area contributed by atoms with Gasteiger partial charge in [-0.25, -0.2) is 4.98 Å². The van der Waals surface area contributed by atoms with Crippen LogP contribution in [0.4, 0.5) is 5.13 Å². The fourth-order valence-corrected chi connectivity index (χ4v) is 2.08. The van der Waals surface area contributed by atoms with Crippen molar-refractivity contribution in [3.05, 3.63) is 11.1 Å². The molecule has 1 rings (SSSR count). The van der Waals surface area contributed by atoms with E-state index in [1.165, 1.54) is 0 Å². The van der Waals surface area contributed by atoms with Crippen molar-refractivity contribution in [3.63, 3.8) is 0 Å². The maximum absolute atomic E-state index is 10.1. The average molecular weight is 228 g/mol. The highest BCUT2D eigenvalue weighted by Crippen LogP contribution is 2.19. The van der Waals surface area contributed by atoms with Crippen molar-refractivity contribution in [3.8, 4) is 0 Å². The Balaban J connectivity index is 2.49. The van der Waals surface area contributed by atoms with Crippen molar-refractivity contribution in [2.45, 2.75) is 45.6 Å². The van der Waals surface area contributed by atoms with Gasteiger partial charge in [-0.1, -0.05) is 20.8 Å². The molecule has 0 saturated carbocycles. The monoisotopic (exact) mass is 228 g/mol. The van der Waals surface area contributed by atoms with Crippen LogP contribution in [0.2, 0.25) is 0 Å². The molecule has 3 nitrogen and oxygen atoms in total. The van der Waals surface area contributed by atoms with E-state index in [0.717, 1.165) is 30.1 Å². The molecule has 0 amide bonds. The van der Waals surface area contributed by atoms with Crippen molar-refractivity contribution < 1.29 is 5.11 Å². The molecule has 1 heterocycles. The van der Waals surface area contributed by atoms with Crippen LogP contribution in [0.5, 0.6) is 0 Å². The molecule has 2 N–H and O–H groups in total. The van der Waals surface area contributed by atoms with Crippen LogP contribution in [0.1, 0.15) is 39.3 Å². The molecule has 0 atom stereocenters. The second-order valence-electron chi connectivity index (χ2n) is 3.78. The summed E-state index contributed by atoms with van der Waals surface area (Å²) >= 11 is 1.60. The Morgan fingerprint density at radius 3 is 2.53 bits per heavy atom. The maximum Gasteiger partial charge on any atom is 0.182 e. The van der Waals surface area contributed by atoms with Crippen LogP contribution < -0.4 is 5.32 Å². The molecule has 0 fully saturated rings. The molecule has 1 aromatic heterocycles. The summed E-state index contributed by atoms with van der Waals surface area (Å²) < 4.78 is 0. The number of rotatable bonds is 6. The van der Waals surface area contributed by atoms with E-state index in [0.29, 0.717) is 6.54 Å². The first-order valence-corrected chi connectivity index (χ1v) is 6.42. The molecule has 0 bridgehead atoms. The highest BCUT2D eigenvalue weighted by Gasteiger charge is 2.21. The van der Waals surface area contributed by atoms with Crippen molar-refractivity contribution in [2.75, 3.05) is 11.9 Å². The Labute approximate surface area is 95.6 Å². The third kappa shape index (κ3) is 3.47. The second-order valence-corrected chi connectivity index (χ2v) is 4.64. The van der Waals surface area contributed by atoms with Gasteiger partial charge in [0.1, 0.15) is 0 Å². The molecule has 0 spiro atoms. The molecule has 0 saturated heterocycles. The van der Waals surface area contributed by atoms with Crippen LogP contribution in [0, 0.1) is 0 Å². The van der Waals surface area contributed by atoms with E-state index in [2.05, 4.69) is 22.6 Å². The average Bonchev–Trinajstić information content (AvgIpc) is 2.74. The summed E-state index contributed by atoms with van der Waals surface area (Å²) in [4.78, 5) is 4.40. The van der Waals surface area contributed by atoms with Gasteiger partial charge in [0.25, 0.3) is 0 Å². The summed E-state index contributed by atoms with van der Waals surface area (Å²) in [6.45, 7) is 6.68. The highest BCUT2D eigenvalue weighted by atomic mass is 32.1. The third-order valence-electron chi connectivity index (χ3n) is 2.80. The highest BCUT2D eigenvalue weighted by molar-refractivity contribution is 7.13.